The number of halogens is 2. The zero-order valence-corrected chi connectivity index (χ0v) is 27.1. The number of aliphatic hydroxyl groups is 1. The van der Waals surface area contributed by atoms with Crippen LogP contribution < -0.4 is 20.1 Å². The Bertz CT molecular complexity index is 2130. The molecule has 0 saturated heterocycles. The molecule has 3 aromatic carbocycles. The van der Waals surface area contributed by atoms with Crippen molar-refractivity contribution in [2.45, 2.75) is 26.4 Å². The Kier molecular flexibility index (Phi) is 11.0. The number of nitrogens with one attached hydrogen (secondary N) is 3. The highest BCUT2D eigenvalue weighted by molar-refractivity contribution is 6.01. The fraction of sp³-hybridized carbons (Fsp3) is 0.158. The molecule has 1 unspecified atom stereocenters. The maximum atomic E-state index is 15.0. The van der Waals surface area contributed by atoms with Crippen molar-refractivity contribution in [2.24, 2.45) is 5.92 Å². The normalized spacial score (nSPS) is 11.3. The number of carbonyl (C=O) groups is 3. The number of fused-ring (bicyclic) bond motifs is 1. The van der Waals surface area contributed by atoms with Gasteiger partial charge in [-0.25, -0.2) is 18.6 Å². The minimum absolute atomic E-state index is 0.0175. The van der Waals surface area contributed by atoms with E-state index < -0.39 is 29.7 Å². The quantitative estimate of drug-likeness (QED) is 0.0892. The Hall–Kier alpha value is -6.32. The van der Waals surface area contributed by atoms with Gasteiger partial charge in [-0.3, -0.25) is 14.9 Å². The van der Waals surface area contributed by atoms with Crippen LogP contribution in [0.25, 0.3) is 11.0 Å². The Morgan fingerprint density at radius 3 is 2.52 bits per heavy atom. The molecule has 0 aliphatic rings. The molecule has 254 valence electrons. The lowest BCUT2D eigenvalue weighted by atomic mass is 9.94. The summed E-state index contributed by atoms with van der Waals surface area (Å²) in [6, 6.07) is 18.2. The smallest absolute Gasteiger partial charge is 0.325 e. The van der Waals surface area contributed by atoms with Gasteiger partial charge in [0.25, 0.3) is 0 Å². The van der Waals surface area contributed by atoms with Gasteiger partial charge in [0, 0.05) is 29.4 Å². The van der Waals surface area contributed by atoms with Crippen LogP contribution in [-0.4, -0.2) is 39.4 Å². The molecule has 3 amide bonds. The van der Waals surface area contributed by atoms with E-state index in [2.05, 4.69) is 39.0 Å². The Balaban J connectivity index is 1.18. The van der Waals surface area contributed by atoms with Crippen molar-refractivity contribution in [1.82, 2.24) is 15.3 Å². The van der Waals surface area contributed by atoms with Crippen molar-refractivity contribution in [2.75, 3.05) is 11.9 Å². The number of hydrogen-bond acceptors (Lipinski definition) is 7. The van der Waals surface area contributed by atoms with Crippen LogP contribution in [0.15, 0.2) is 97.2 Å². The fourth-order valence-corrected chi connectivity index (χ4v) is 4.79. The third kappa shape index (κ3) is 8.97. The number of Topliss-reactive ketones (excluding diaryl/α,β-unsaturated/α-hetero) is 1. The van der Waals surface area contributed by atoms with Crippen molar-refractivity contribution >= 4 is 34.4 Å². The first-order valence-corrected chi connectivity index (χ1v) is 15.4. The van der Waals surface area contributed by atoms with Gasteiger partial charge in [0.15, 0.2) is 17.3 Å². The largest absolute Gasteiger partial charge is 0.481 e. The summed E-state index contributed by atoms with van der Waals surface area (Å²) in [5.41, 5.74) is 2.14. The van der Waals surface area contributed by atoms with E-state index in [4.69, 9.17) is 9.47 Å². The zero-order valence-electron chi connectivity index (χ0n) is 27.1. The molecule has 0 saturated carbocycles. The van der Waals surface area contributed by atoms with Crippen LogP contribution in [0.5, 0.6) is 17.2 Å². The van der Waals surface area contributed by atoms with Gasteiger partial charge < -0.3 is 24.9 Å². The molecule has 0 aliphatic carbocycles. The average Bonchev–Trinajstić information content (AvgIpc) is 3.52. The van der Waals surface area contributed by atoms with Gasteiger partial charge >= 0.3 is 6.03 Å². The SMILES string of the molecule is C=C(C(=O)C(C)C)C(O)c1cccc(OCC#Cc2cc3c(Oc4ccc(NC(=O)NC(=O)Cc5ccc(F)cc5)cc4F)ccnc3[nH]2)c1. The average molecular weight is 679 g/mol. The highest BCUT2D eigenvalue weighted by Gasteiger charge is 2.21. The lowest BCUT2D eigenvalue weighted by Crippen LogP contribution is -2.35. The molecule has 2 heterocycles. The standard InChI is InChI=1S/C38H32F2N4O6/c1-22(2)35(46)23(3)36(47)25-6-4-8-29(19-25)49-17-5-7-27-20-30-32(15-16-41-37(30)42-27)50-33-14-13-28(21-31(33)40)43-38(48)44-34(45)18-24-9-11-26(39)12-10-24/h4,6,8-16,19-22,36,47H,3,17-18H2,1-2H3,(H,41,42)(H2,43,44,45,48). The number of urea groups is 1. The van der Waals surface area contributed by atoms with E-state index in [9.17, 15) is 23.9 Å². The molecule has 0 radical (unpaired) electrons. The molecule has 0 spiro atoms. The van der Waals surface area contributed by atoms with Gasteiger partial charge in [0.1, 0.15) is 35.7 Å². The first-order valence-electron chi connectivity index (χ1n) is 15.4. The number of imide groups is 1. The van der Waals surface area contributed by atoms with Gasteiger partial charge in [0.05, 0.1) is 17.5 Å². The first-order chi connectivity index (χ1) is 24.0. The Morgan fingerprint density at radius 2 is 1.78 bits per heavy atom. The minimum Gasteiger partial charge on any atom is -0.481 e. The number of anilines is 1. The molecule has 2 aromatic heterocycles. The summed E-state index contributed by atoms with van der Waals surface area (Å²) in [4.78, 5) is 44.0. The second-order valence-corrected chi connectivity index (χ2v) is 11.4. The van der Waals surface area contributed by atoms with Gasteiger partial charge in [-0.1, -0.05) is 50.6 Å². The molecule has 0 fully saturated rings. The maximum Gasteiger partial charge on any atom is 0.325 e. The van der Waals surface area contributed by atoms with Gasteiger partial charge in [-0.2, -0.15) is 0 Å². The molecule has 4 N–H and O–H groups in total. The molecule has 50 heavy (non-hydrogen) atoms. The topological polar surface area (TPSA) is 143 Å². The van der Waals surface area contributed by atoms with Crippen molar-refractivity contribution < 1.29 is 37.7 Å². The van der Waals surface area contributed by atoms with E-state index in [1.807, 2.05) is 0 Å². The number of amides is 3. The van der Waals surface area contributed by atoms with Crippen LogP contribution in [0.2, 0.25) is 0 Å². The maximum absolute atomic E-state index is 15.0. The highest BCUT2D eigenvalue weighted by Crippen LogP contribution is 2.32. The van der Waals surface area contributed by atoms with Crippen LogP contribution in [0, 0.1) is 29.4 Å². The predicted molar refractivity (Wildman–Crippen MR) is 183 cm³/mol. The van der Waals surface area contributed by atoms with Crippen molar-refractivity contribution in [1.29, 1.82) is 0 Å². The number of aliphatic hydroxyl groups excluding tert-OH is 1. The number of benzene rings is 3. The van der Waals surface area contributed by atoms with Gasteiger partial charge in [-0.05, 0) is 65.6 Å². The number of aromatic amines is 1. The molecule has 5 rings (SSSR count). The second-order valence-electron chi connectivity index (χ2n) is 11.4. The third-order valence-corrected chi connectivity index (χ3v) is 7.31. The number of rotatable bonds is 11. The molecule has 12 heteroatoms. The van der Waals surface area contributed by atoms with E-state index in [1.165, 1.54) is 42.6 Å². The van der Waals surface area contributed by atoms with Crippen LogP contribution in [0.4, 0.5) is 19.3 Å². The summed E-state index contributed by atoms with van der Waals surface area (Å²) in [7, 11) is 0. The molecule has 0 bridgehead atoms. The summed E-state index contributed by atoms with van der Waals surface area (Å²) in [6.07, 6.45) is 0.193. The van der Waals surface area contributed by atoms with Crippen LogP contribution >= 0.6 is 0 Å². The molecular weight excluding hydrogens is 646 g/mol. The Morgan fingerprint density at radius 1 is 1.00 bits per heavy atom. The molecule has 5 aromatic rings. The summed E-state index contributed by atoms with van der Waals surface area (Å²) in [6.45, 7) is 7.24. The highest BCUT2D eigenvalue weighted by atomic mass is 19.1. The predicted octanol–water partition coefficient (Wildman–Crippen LogP) is 6.77. The number of hydrogen-bond donors (Lipinski definition) is 4. The molecule has 1 atom stereocenters. The van der Waals surface area contributed by atoms with E-state index in [0.717, 1.165) is 6.07 Å². The second kappa shape index (κ2) is 15.7. The molecule has 10 nitrogen and oxygen atoms in total. The van der Waals surface area contributed by atoms with Crippen molar-refractivity contribution in [3.63, 3.8) is 0 Å². The third-order valence-electron chi connectivity index (χ3n) is 7.31. The van der Waals surface area contributed by atoms with Crippen LogP contribution in [-0.2, 0) is 16.0 Å². The Labute approximate surface area is 286 Å². The number of H-pyrrole nitrogens is 1. The summed E-state index contributed by atoms with van der Waals surface area (Å²) in [5, 5.41) is 15.7. The number of carbonyl (C=O) groups excluding carboxylic acids is 3. The first kappa shape index (κ1) is 35.0. The van der Waals surface area contributed by atoms with E-state index in [1.54, 1.807) is 50.2 Å². The van der Waals surface area contributed by atoms with Crippen molar-refractivity contribution in [3.05, 3.63) is 126 Å². The van der Waals surface area contributed by atoms with E-state index in [0.29, 0.717) is 39.4 Å². The number of ketones is 1. The summed E-state index contributed by atoms with van der Waals surface area (Å²) < 4.78 is 39.6. The number of ether oxygens (including phenoxy) is 2. The zero-order chi connectivity index (χ0) is 35.8. The summed E-state index contributed by atoms with van der Waals surface area (Å²) in [5.74, 6) is 4.14. The molecular formula is C38H32F2N4O6. The van der Waals surface area contributed by atoms with E-state index in [-0.39, 0.29) is 41.7 Å². The molecule has 0 aliphatic heterocycles. The minimum atomic E-state index is -1.15. The number of nitrogens with zero attached hydrogens (tertiary/aromatic N) is 1. The lowest BCUT2D eigenvalue weighted by Gasteiger charge is -2.15. The van der Waals surface area contributed by atoms with Crippen LogP contribution in [0.1, 0.15) is 36.8 Å². The number of pyridine rings is 1. The van der Waals surface area contributed by atoms with Crippen molar-refractivity contribution in [3.8, 4) is 29.1 Å². The van der Waals surface area contributed by atoms with Gasteiger partial charge in [-0.15, -0.1) is 0 Å². The summed E-state index contributed by atoms with van der Waals surface area (Å²) >= 11 is 0. The monoisotopic (exact) mass is 678 g/mol. The fourth-order valence-electron chi connectivity index (χ4n) is 4.79. The van der Waals surface area contributed by atoms with E-state index >= 15 is 4.39 Å². The number of aromatic nitrogens is 2. The van der Waals surface area contributed by atoms with Gasteiger partial charge in [0.2, 0.25) is 5.91 Å². The lowest BCUT2D eigenvalue weighted by molar-refractivity contribution is -0.120. The van der Waals surface area contributed by atoms with Crippen LogP contribution in [0.3, 0.4) is 0 Å².